The Bertz CT molecular complexity index is 360. The highest BCUT2D eigenvalue weighted by atomic mass is 16.5. The molecule has 0 aliphatic heterocycles. The lowest BCUT2D eigenvalue weighted by atomic mass is 9.85. The Morgan fingerprint density at radius 2 is 2.31 bits per heavy atom. The lowest BCUT2D eigenvalue weighted by molar-refractivity contribution is 0.0593. The highest BCUT2D eigenvalue weighted by Crippen LogP contribution is 2.26. The Labute approximate surface area is 94.2 Å². The first kappa shape index (κ1) is 10.9. The van der Waals surface area contributed by atoms with E-state index < -0.39 is 5.97 Å². The van der Waals surface area contributed by atoms with Gasteiger partial charge in [-0.25, -0.2) is 14.8 Å². The first-order chi connectivity index (χ1) is 7.79. The highest BCUT2D eigenvalue weighted by Gasteiger charge is 2.17. The first-order valence-electron chi connectivity index (χ1n) is 5.44. The van der Waals surface area contributed by atoms with Crippen molar-refractivity contribution in [2.24, 2.45) is 5.92 Å². The molecule has 5 nitrogen and oxygen atoms in total. The Balaban J connectivity index is 1.88. The maximum absolute atomic E-state index is 11.1. The number of ether oxygens (including phenoxy) is 1. The lowest BCUT2D eigenvalue weighted by Crippen LogP contribution is -2.21. The van der Waals surface area contributed by atoms with Gasteiger partial charge in [0.05, 0.1) is 19.5 Å². The summed E-state index contributed by atoms with van der Waals surface area (Å²) in [5.41, 5.74) is 0.233. The van der Waals surface area contributed by atoms with Crippen molar-refractivity contribution < 1.29 is 9.53 Å². The predicted octanol–water partition coefficient (Wildman–Crippen LogP) is 1.48. The smallest absolute Gasteiger partial charge is 0.358 e. The van der Waals surface area contributed by atoms with Crippen molar-refractivity contribution in [1.29, 1.82) is 0 Å². The Morgan fingerprint density at radius 3 is 2.81 bits per heavy atom. The van der Waals surface area contributed by atoms with Crippen LogP contribution in [0.25, 0.3) is 0 Å². The summed E-state index contributed by atoms with van der Waals surface area (Å²) in [4.78, 5) is 19.2. The van der Waals surface area contributed by atoms with Crippen LogP contribution in [0.5, 0.6) is 0 Å². The molecule has 0 atom stereocenters. The molecule has 0 spiro atoms. The molecule has 1 aliphatic carbocycles. The van der Waals surface area contributed by atoms with Gasteiger partial charge in [-0.05, 0) is 18.8 Å². The normalized spacial score (nSPS) is 15.3. The molecule has 2 rings (SSSR count). The van der Waals surface area contributed by atoms with Crippen LogP contribution in [-0.4, -0.2) is 29.6 Å². The Morgan fingerprint density at radius 1 is 1.50 bits per heavy atom. The monoisotopic (exact) mass is 221 g/mol. The van der Waals surface area contributed by atoms with E-state index in [-0.39, 0.29) is 5.69 Å². The van der Waals surface area contributed by atoms with Crippen LogP contribution in [0.1, 0.15) is 29.8 Å². The van der Waals surface area contributed by atoms with Crippen molar-refractivity contribution in [2.45, 2.75) is 19.3 Å². The molecule has 0 bridgehead atoms. The van der Waals surface area contributed by atoms with Crippen LogP contribution >= 0.6 is 0 Å². The van der Waals surface area contributed by atoms with Gasteiger partial charge in [0.25, 0.3) is 0 Å². The van der Waals surface area contributed by atoms with Gasteiger partial charge in [0.15, 0.2) is 5.69 Å². The van der Waals surface area contributed by atoms with Crippen molar-refractivity contribution in [3.63, 3.8) is 0 Å². The second-order valence-electron chi connectivity index (χ2n) is 3.96. The van der Waals surface area contributed by atoms with E-state index in [0.29, 0.717) is 5.82 Å². The quantitative estimate of drug-likeness (QED) is 0.780. The SMILES string of the molecule is COC(=O)c1cnc(NCC2CCC2)cn1. The molecular formula is C11H15N3O2. The van der Waals surface area contributed by atoms with Gasteiger partial charge in [-0.15, -0.1) is 0 Å². The molecule has 1 fully saturated rings. The van der Waals surface area contributed by atoms with E-state index in [0.717, 1.165) is 12.5 Å². The molecule has 0 aromatic carbocycles. The number of rotatable bonds is 4. The van der Waals surface area contributed by atoms with Gasteiger partial charge in [0.2, 0.25) is 0 Å². The Hall–Kier alpha value is -1.65. The average Bonchev–Trinajstić information content (AvgIpc) is 2.27. The minimum atomic E-state index is -0.460. The van der Waals surface area contributed by atoms with E-state index >= 15 is 0 Å². The third-order valence-electron chi connectivity index (χ3n) is 2.84. The summed E-state index contributed by atoms with van der Waals surface area (Å²) in [5, 5.41) is 3.21. The summed E-state index contributed by atoms with van der Waals surface area (Å²) in [7, 11) is 1.33. The molecule has 1 N–H and O–H groups in total. The van der Waals surface area contributed by atoms with Crippen LogP contribution in [0.4, 0.5) is 5.82 Å². The Kier molecular flexibility index (Phi) is 3.34. The molecule has 0 saturated heterocycles. The molecule has 86 valence electrons. The van der Waals surface area contributed by atoms with Gasteiger partial charge in [-0.2, -0.15) is 0 Å². The fraction of sp³-hybridized carbons (Fsp3) is 0.545. The third-order valence-corrected chi connectivity index (χ3v) is 2.84. The zero-order valence-corrected chi connectivity index (χ0v) is 9.27. The number of anilines is 1. The van der Waals surface area contributed by atoms with E-state index in [1.54, 1.807) is 6.20 Å². The maximum atomic E-state index is 11.1. The van der Waals surface area contributed by atoms with Gasteiger partial charge in [-0.1, -0.05) is 6.42 Å². The van der Waals surface area contributed by atoms with Gasteiger partial charge in [0, 0.05) is 6.54 Å². The maximum Gasteiger partial charge on any atom is 0.358 e. The van der Waals surface area contributed by atoms with Crippen molar-refractivity contribution >= 4 is 11.8 Å². The molecule has 1 aliphatic rings. The topological polar surface area (TPSA) is 64.1 Å². The minimum Gasteiger partial charge on any atom is -0.464 e. The third kappa shape index (κ3) is 2.48. The molecule has 1 aromatic heterocycles. The number of carbonyl (C=O) groups excluding carboxylic acids is 1. The van der Waals surface area contributed by atoms with Gasteiger partial charge in [-0.3, -0.25) is 0 Å². The van der Waals surface area contributed by atoms with Crippen LogP contribution in [0, 0.1) is 5.92 Å². The number of aromatic nitrogens is 2. The lowest BCUT2D eigenvalue weighted by Gasteiger charge is -2.25. The zero-order valence-electron chi connectivity index (χ0n) is 9.27. The predicted molar refractivity (Wildman–Crippen MR) is 59.2 cm³/mol. The van der Waals surface area contributed by atoms with Gasteiger partial charge < -0.3 is 10.1 Å². The second kappa shape index (κ2) is 4.92. The molecule has 0 radical (unpaired) electrons. The average molecular weight is 221 g/mol. The number of nitrogens with one attached hydrogen (secondary N) is 1. The van der Waals surface area contributed by atoms with E-state index in [1.165, 1.54) is 32.6 Å². The van der Waals surface area contributed by atoms with E-state index in [4.69, 9.17) is 0 Å². The number of hydrogen-bond donors (Lipinski definition) is 1. The summed E-state index contributed by atoms with van der Waals surface area (Å²) in [6, 6.07) is 0. The van der Waals surface area contributed by atoms with Crippen molar-refractivity contribution in [3.8, 4) is 0 Å². The van der Waals surface area contributed by atoms with Crippen molar-refractivity contribution in [2.75, 3.05) is 19.0 Å². The number of nitrogens with zero attached hydrogens (tertiary/aromatic N) is 2. The van der Waals surface area contributed by atoms with Crippen LogP contribution in [0.15, 0.2) is 12.4 Å². The fourth-order valence-electron chi connectivity index (χ4n) is 1.58. The molecule has 16 heavy (non-hydrogen) atoms. The molecule has 1 saturated carbocycles. The van der Waals surface area contributed by atoms with Crippen LogP contribution in [0.2, 0.25) is 0 Å². The van der Waals surface area contributed by atoms with E-state index in [1.807, 2.05) is 0 Å². The standard InChI is InChI=1S/C11H15N3O2/c1-16-11(15)9-6-14-10(7-12-9)13-5-8-3-2-4-8/h6-8H,2-5H2,1H3,(H,13,14). The van der Waals surface area contributed by atoms with E-state index in [2.05, 4.69) is 20.0 Å². The summed E-state index contributed by atoms with van der Waals surface area (Å²) < 4.78 is 4.54. The largest absolute Gasteiger partial charge is 0.464 e. The first-order valence-corrected chi connectivity index (χ1v) is 5.44. The van der Waals surface area contributed by atoms with Gasteiger partial charge >= 0.3 is 5.97 Å². The second-order valence-corrected chi connectivity index (χ2v) is 3.96. The zero-order chi connectivity index (χ0) is 11.4. The van der Waals surface area contributed by atoms with Crippen LogP contribution in [-0.2, 0) is 4.74 Å². The number of esters is 1. The van der Waals surface area contributed by atoms with Gasteiger partial charge in [0.1, 0.15) is 5.82 Å². The molecule has 0 amide bonds. The molecule has 1 aromatic rings. The van der Waals surface area contributed by atoms with Crippen molar-refractivity contribution in [1.82, 2.24) is 9.97 Å². The highest BCUT2D eigenvalue weighted by molar-refractivity contribution is 5.86. The van der Waals surface area contributed by atoms with Crippen molar-refractivity contribution in [3.05, 3.63) is 18.1 Å². The summed E-state index contributed by atoms with van der Waals surface area (Å²) in [5.74, 6) is 1.01. The number of methoxy groups -OCH3 is 1. The minimum absolute atomic E-state index is 0.233. The molecular weight excluding hydrogens is 206 g/mol. The molecule has 1 heterocycles. The summed E-state index contributed by atoms with van der Waals surface area (Å²) >= 11 is 0. The number of carbonyl (C=O) groups is 1. The molecule has 0 unspecified atom stereocenters. The summed E-state index contributed by atoms with van der Waals surface area (Å²) in [6.07, 6.45) is 6.90. The van der Waals surface area contributed by atoms with Crippen LogP contribution in [0.3, 0.4) is 0 Å². The summed E-state index contributed by atoms with van der Waals surface area (Å²) in [6.45, 7) is 0.937. The molecule has 5 heteroatoms. The number of hydrogen-bond acceptors (Lipinski definition) is 5. The van der Waals surface area contributed by atoms with E-state index in [9.17, 15) is 4.79 Å². The van der Waals surface area contributed by atoms with Crippen LogP contribution < -0.4 is 5.32 Å². The fourth-order valence-corrected chi connectivity index (χ4v) is 1.58.